The normalized spacial score (nSPS) is 33.8. The fourth-order valence-electron chi connectivity index (χ4n) is 5.57. The van der Waals surface area contributed by atoms with Gasteiger partial charge in [0.05, 0.1) is 35.2 Å². The molecule has 0 radical (unpaired) electrons. The van der Waals surface area contributed by atoms with E-state index in [4.69, 9.17) is 22.1 Å². The number of benzene rings is 1. The average molecular weight is 447 g/mol. The van der Waals surface area contributed by atoms with Crippen molar-refractivity contribution < 1.29 is 23.9 Å². The molecule has 5 atom stereocenters. The maximum atomic E-state index is 13.6. The molecule has 4 heterocycles. The Kier molecular flexibility index (Phi) is 4.80. The number of nitrogens with one attached hydrogen (secondary N) is 2. The van der Waals surface area contributed by atoms with E-state index in [1.807, 2.05) is 0 Å². The summed E-state index contributed by atoms with van der Waals surface area (Å²) in [6.07, 6.45) is 1.75. The van der Waals surface area contributed by atoms with Gasteiger partial charge >= 0.3 is 0 Å². The third-order valence-electron chi connectivity index (χ3n) is 6.90. The standard InChI is InChI=1S/C21H23ClN4O5/c22-12-5-1-4-11-17(12)24-20(30)21(11)16-15(13(25-21)6-7-14(23)27)18(28)26(19(16)29)9-10-3-2-8-31-10/h1,4-5,10,13,15-16,25H,2-3,6-9H2,(H2,23,27)(H,24,30)/t10-,13-,15-,16-,21-/m0/s1. The molecule has 9 nitrogen and oxygen atoms in total. The van der Waals surface area contributed by atoms with Crippen LogP contribution in [0.4, 0.5) is 5.69 Å². The number of rotatable bonds is 5. The molecule has 0 bridgehead atoms. The molecule has 4 N–H and O–H groups in total. The largest absolute Gasteiger partial charge is 0.376 e. The summed E-state index contributed by atoms with van der Waals surface area (Å²) in [4.78, 5) is 52.9. The van der Waals surface area contributed by atoms with Crippen molar-refractivity contribution in [1.82, 2.24) is 10.2 Å². The number of carbonyl (C=O) groups is 4. The fraction of sp³-hybridized carbons (Fsp3) is 0.524. The summed E-state index contributed by atoms with van der Waals surface area (Å²) in [6.45, 7) is 0.780. The van der Waals surface area contributed by atoms with Gasteiger partial charge in [-0.05, 0) is 25.3 Å². The van der Waals surface area contributed by atoms with E-state index in [9.17, 15) is 19.2 Å². The van der Waals surface area contributed by atoms with Crippen molar-refractivity contribution in [3.63, 3.8) is 0 Å². The van der Waals surface area contributed by atoms with Gasteiger partial charge in [0, 0.05) is 24.6 Å². The number of ether oxygens (including phenoxy) is 1. The molecule has 4 aliphatic heterocycles. The van der Waals surface area contributed by atoms with Gasteiger partial charge in [0.1, 0.15) is 5.54 Å². The van der Waals surface area contributed by atoms with Crippen LogP contribution < -0.4 is 16.4 Å². The van der Waals surface area contributed by atoms with E-state index < -0.39 is 41.1 Å². The molecule has 10 heteroatoms. The minimum absolute atomic E-state index is 0.0359. The molecule has 1 aromatic carbocycles. The second kappa shape index (κ2) is 7.29. The molecule has 4 aliphatic rings. The highest BCUT2D eigenvalue weighted by Crippen LogP contribution is 2.54. The van der Waals surface area contributed by atoms with E-state index in [-0.39, 0.29) is 31.4 Å². The molecule has 31 heavy (non-hydrogen) atoms. The molecule has 3 fully saturated rings. The molecule has 3 saturated heterocycles. The Morgan fingerprint density at radius 1 is 1.29 bits per heavy atom. The highest BCUT2D eigenvalue weighted by atomic mass is 35.5. The van der Waals surface area contributed by atoms with Crippen molar-refractivity contribution in [3.05, 3.63) is 28.8 Å². The molecule has 0 unspecified atom stereocenters. The number of nitrogens with two attached hydrogens (primary N) is 1. The number of amides is 4. The summed E-state index contributed by atoms with van der Waals surface area (Å²) in [7, 11) is 0. The first-order chi connectivity index (χ1) is 14.8. The highest BCUT2D eigenvalue weighted by Gasteiger charge is 2.70. The summed E-state index contributed by atoms with van der Waals surface area (Å²) in [6, 6.07) is 4.55. The summed E-state index contributed by atoms with van der Waals surface area (Å²) < 4.78 is 5.63. The SMILES string of the molecule is NC(=O)CC[C@@H]1N[C@]2(C(=O)Nc3c(Cl)cccc32)[C@@H]2C(=O)N(C[C@@H]3CCCO3)C(=O)[C@@H]12. The van der Waals surface area contributed by atoms with Gasteiger partial charge < -0.3 is 15.8 Å². The lowest BCUT2D eigenvalue weighted by molar-refractivity contribution is -0.144. The van der Waals surface area contributed by atoms with E-state index in [1.165, 1.54) is 4.90 Å². The molecule has 1 aromatic rings. The Morgan fingerprint density at radius 3 is 2.81 bits per heavy atom. The summed E-state index contributed by atoms with van der Waals surface area (Å²) in [5.41, 5.74) is 4.89. The van der Waals surface area contributed by atoms with Gasteiger partial charge in [-0.2, -0.15) is 0 Å². The predicted molar refractivity (Wildman–Crippen MR) is 110 cm³/mol. The minimum Gasteiger partial charge on any atom is -0.376 e. The van der Waals surface area contributed by atoms with Gasteiger partial charge in [-0.25, -0.2) is 0 Å². The molecule has 5 rings (SSSR count). The number of hydrogen-bond acceptors (Lipinski definition) is 6. The van der Waals surface area contributed by atoms with Crippen molar-refractivity contribution >= 4 is 40.9 Å². The van der Waals surface area contributed by atoms with Gasteiger partial charge in [0.15, 0.2) is 0 Å². The maximum Gasteiger partial charge on any atom is 0.250 e. The van der Waals surface area contributed by atoms with Crippen LogP contribution in [0, 0.1) is 11.8 Å². The van der Waals surface area contributed by atoms with Crippen LogP contribution in [-0.4, -0.2) is 53.8 Å². The van der Waals surface area contributed by atoms with Gasteiger partial charge in [-0.1, -0.05) is 23.7 Å². The van der Waals surface area contributed by atoms with Crippen molar-refractivity contribution in [2.75, 3.05) is 18.5 Å². The van der Waals surface area contributed by atoms with E-state index in [2.05, 4.69) is 10.6 Å². The molecule has 4 amide bonds. The first-order valence-corrected chi connectivity index (χ1v) is 10.9. The number of hydrogen-bond donors (Lipinski definition) is 3. The smallest absolute Gasteiger partial charge is 0.250 e. The number of nitrogens with zero attached hydrogens (tertiary/aromatic N) is 1. The zero-order valence-corrected chi connectivity index (χ0v) is 17.5. The number of likely N-dealkylation sites (tertiary alicyclic amines) is 1. The van der Waals surface area contributed by atoms with Crippen LogP contribution in [0.5, 0.6) is 0 Å². The van der Waals surface area contributed by atoms with Crippen LogP contribution in [0.2, 0.25) is 5.02 Å². The Morgan fingerprint density at radius 2 is 2.10 bits per heavy atom. The number of para-hydroxylation sites is 1. The average Bonchev–Trinajstić information content (AvgIpc) is 3.47. The van der Waals surface area contributed by atoms with Crippen LogP contribution in [-0.2, 0) is 29.5 Å². The molecule has 1 spiro atoms. The Labute approximate surface area is 183 Å². The number of primary amides is 1. The van der Waals surface area contributed by atoms with Crippen molar-refractivity contribution in [2.45, 2.75) is 43.4 Å². The maximum absolute atomic E-state index is 13.6. The third kappa shape index (κ3) is 2.90. The van der Waals surface area contributed by atoms with Gasteiger partial charge in [-0.3, -0.25) is 29.4 Å². The molecule has 0 saturated carbocycles. The van der Waals surface area contributed by atoms with E-state index in [1.54, 1.807) is 18.2 Å². The zero-order valence-electron chi connectivity index (χ0n) is 16.7. The van der Waals surface area contributed by atoms with E-state index >= 15 is 0 Å². The first kappa shape index (κ1) is 20.4. The monoisotopic (exact) mass is 446 g/mol. The Hall–Kier alpha value is -2.49. The highest BCUT2D eigenvalue weighted by molar-refractivity contribution is 6.35. The van der Waals surface area contributed by atoms with E-state index in [0.717, 1.165) is 12.8 Å². The van der Waals surface area contributed by atoms with Crippen LogP contribution in [0.15, 0.2) is 18.2 Å². The Bertz CT molecular complexity index is 994. The van der Waals surface area contributed by atoms with Crippen LogP contribution >= 0.6 is 11.6 Å². The second-order valence-corrected chi connectivity index (χ2v) is 9.01. The number of halogens is 1. The first-order valence-electron chi connectivity index (χ1n) is 10.5. The van der Waals surface area contributed by atoms with Gasteiger partial charge in [0.25, 0.3) is 0 Å². The van der Waals surface area contributed by atoms with Crippen molar-refractivity contribution in [1.29, 1.82) is 0 Å². The lowest BCUT2D eigenvalue weighted by Crippen LogP contribution is -2.53. The third-order valence-corrected chi connectivity index (χ3v) is 7.22. The van der Waals surface area contributed by atoms with Crippen molar-refractivity contribution in [3.8, 4) is 0 Å². The number of carbonyl (C=O) groups excluding carboxylic acids is 4. The lowest BCUT2D eigenvalue weighted by atomic mass is 9.76. The Balaban J connectivity index is 1.57. The van der Waals surface area contributed by atoms with Gasteiger partial charge in [0.2, 0.25) is 23.6 Å². The summed E-state index contributed by atoms with van der Waals surface area (Å²) in [5, 5.41) is 6.40. The zero-order chi connectivity index (χ0) is 21.9. The molecular weight excluding hydrogens is 424 g/mol. The number of fused-ring (bicyclic) bond motifs is 4. The number of anilines is 1. The van der Waals surface area contributed by atoms with E-state index in [0.29, 0.717) is 22.9 Å². The van der Waals surface area contributed by atoms with Crippen molar-refractivity contribution in [2.24, 2.45) is 17.6 Å². The van der Waals surface area contributed by atoms with Crippen LogP contribution in [0.3, 0.4) is 0 Å². The lowest BCUT2D eigenvalue weighted by Gasteiger charge is -2.30. The summed E-state index contributed by atoms with van der Waals surface area (Å²) >= 11 is 6.30. The molecule has 0 aromatic heterocycles. The molecule has 0 aliphatic carbocycles. The molecule has 164 valence electrons. The topological polar surface area (TPSA) is 131 Å². The van der Waals surface area contributed by atoms with Crippen LogP contribution in [0.1, 0.15) is 31.2 Å². The van der Waals surface area contributed by atoms with Crippen LogP contribution in [0.25, 0.3) is 0 Å². The predicted octanol–water partition coefficient (Wildman–Crippen LogP) is 0.505. The quantitative estimate of drug-likeness (QED) is 0.565. The molecular formula is C21H23ClN4O5. The minimum atomic E-state index is -1.43. The summed E-state index contributed by atoms with van der Waals surface area (Å²) in [5.74, 6) is -3.38. The fourth-order valence-corrected chi connectivity index (χ4v) is 5.79. The second-order valence-electron chi connectivity index (χ2n) is 8.61. The number of imide groups is 1. The van der Waals surface area contributed by atoms with Gasteiger partial charge in [-0.15, -0.1) is 0 Å².